The molecule has 0 spiro atoms. The summed E-state index contributed by atoms with van der Waals surface area (Å²) < 4.78 is 0. The third-order valence-electron chi connectivity index (χ3n) is 4.89. The van der Waals surface area contributed by atoms with Crippen LogP contribution in [0.1, 0.15) is 12.8 Å². The molecular formula is C19H27N7. The van der Waals surface area contributed by atoms with E-state index in [4.69, 9.17) is 0 Å². The summed E-state index contributed by atoms with van der Waals surface area (Å²) in [7, 11) is 2.18. The van der Waals surface area contributed by atoms with Gasteiger partial charge in [-0.25, -0.2) is 4.98 Å². The highest BCUT2D eigenvalue weighted by Crippen LogP contribution is 2.25. The van der Waals surface area contributed by atoms with Gasteiger partial charge in [0.05, 0.1) is 11.4 Å². The fourth-order valence-electron chi connectivity index (χ4n) is 3.07. The molecule has 1 saturated heterocycles. The first-order valence-corrected chi connectivity index (χ1v) is 9.48. The Morgan fingerprint density at radius 1 is 1.08 bits per heavy atom. The predicted molar refractivity (Wildman–Crippen MR) is 104 cm³/mol. The van der Waals surface area contributed by atoms with E-state index in [1.165, 1.54) is 12.8 Å². The summed E-state index contributed by atoms with van der Waals surface area (Å²) in [5.74, 6) is 1.55. The Labute approximate surface area is 154 Å². The summed E-state index contributed by atoms with van der Waals surface area (Å²) in [4.78, 5) is 18.6. The molecule has 4 rings (SSSR count). The van der Waals surface area contributed by atoms with Crippen molar-refractivity contribution in [1.82, 2.24) is 24.8 Å². The first-order chi connectivity index (χ1) is 12.8. The molecule has 2 fully saturated rings. The van der Waals surface area contributed by atoms with Gasteiger partial charge in [-0.15, -0.1) is 0 Å². The molecule has 0 amide bonds. The minimum absolute atomic E-state index is 0.521. The quantitative estimate of drug-likeness (QED) is 0.786. The zero-order valence-electron chi connectivity index (χ0n) is 15.4. The Morgan fingerprint density at radius 3 is 2.65 bits per heavy atom. The number of aromatic nitrogens is 3. The SMILES string of the molecule is CN1CCN(CCNc2cc(-c3ccccn3)nc(NC3CC3)n2)CC1. The molecule has 7 nitrogen and oxygen atoms in total. The van der Waals surface area contributed by atoms with Crippen LogP contribution in [0.3, 0.4) is 0 Å². The van der Waals surface area contributed by atoms with Gasteiger partial charge in [-0.05, 0) is 32.0 Å². The lowest BCUT2D eigenvalue weighted by atomic mass is 10.2. The molecule has 0 aromatic carbocycles. The first-order valence-electron chi connectivity index (χ1n) is 9.48. The van der Waals surface area contributed by atoms with E-state index < -0.39 is 0 Å². The smallest absolute Gasteiger partial charge is 0.225 e. The zero-order valence-corrected chi connectivity index (χ0v) is 15.4. The average Bonchev–Trinajstić information content (AvgIpc) is 3.48. The van der Waals surface area contributed by atoms with Gasteiger partial charge in [-0.3, -0.25) is 9.88 Å². The van der Waals surface area contributed by atoms with E-state index in [0.717, 1.165) is 56.5 Å². The fourth-order valence-corrected chi connectivity index (χ4v) is 3.07. The van der Waals surface area contributed by atoms with Crippen molar-refractivity contribution in [3.8, 4) is 11.4 Å². The molecule has 3 heterocycles. The van der Waals surface area contributed by atoms with E-state index in [1.54, 1.807) is 6.20 Å². The normalized spacial score (nSPS) is 18.7. The minimum atomic E-state index is 0.521. The molecule has 0 bridgehead atoms. The summed E-state index contributed by atoms with van der Waals surface area (Å²) in [6, 6.07) is 8.40. The summed E-state index contributed by atoms with van der Waals surface area (Å²) in [5, 5.41) is 6.88. The van der Waals surface area contributed by atoms with Crippen LogP contribution in [0.15, 0.2) is 30.5 Å². The Balaban J connectivity index is 1.42. The number of likely N-dealkylation sites (N-methyl/N-ethyl adjacent to an activating group) is 1. The van der Waals surface area contributed by atoms with Gasteiger partial charge < -0.3 is 15.5 Å². The Hall–Kier alpha value is -2.25. The number of rotatable bonds is 7. The average molecular weight is 353 g/mol. The summed E-state index contributed by atoms with van der Waals surface area (Å²) >= 11 is 0. The number of pyridine rings is 1. The molecule has 1 aliphatic carbocycles. The fraction of sp³-hybridized carbons (Fsp3) is 0.526. The molecular weight excluding hydrogens is 326 g/mol. The van der Waals surface area contributed by atoms with Crippen molar-refractivity contribution < 1.29 is 0 Å². The van der Waals surface area contributed by atoms with Crippen LogP contribution >= 0.6 is 0 Å². The van der Waals surface area contributed by atoms with Gasteiger partial charge in [-0.1, -0.05) is 6.07 Å². The van der Waals surface area contributed by atoms with E-state index in [2.05, 4.69) is 42.4 Å². The van der Waals surface area contributed by atoms with Crippen LogP contribution in [0.5, 0.6) is 0 Å². The molecule has 2 aliphatic rings. The van der Waals surface area contributed by atoms with Gasteiger partial charge in [0.2, 0.25) is 5.95 Å². The van der Waals surface area contributed by atoms with Crippen molar-refractivity contribution >= 4 is 11.8 Å². The number of hydrogen-bond donors (Lipinski definition) is 2. The van der Waals surface area contributed by atoms with Gasteiger partial charge in [0.15, 0.2) is 0 Å². The Kier molecular flexibility index (Phi) is 5.26. The monoisotopic (exact) mass is 353 g/mol. The molecule has 2 aromatic rings. The second kappa shape index (κ2) is 7.97. The highest BCUT2D eigenvalue weighted by Gasteiger charge is 2.22. The van der Waals surface area contributed by atoms with E-state index in [9.17, 15) is 0 Å². The molecule has 2 N–H and O–H groups in total. The molecule has 7 heteroatoms. The zero-order chi connectivity index (χ0) is 17.8. The number of anilines is 2. The molecule has 26 heavy (non-hydrogen) atoms. The van der Waals surface area contributed by atoms with E-state index in [-0.39, 0.29) is 0 Å². The maximum absolute atomic E-state index is 4.65. The highest BCUT2D eigenvalue weighted by molar-refractivity contribution is 5.61. The Morgan fingerprint density at radius 2 is 1.92 bits per heavy atom. The van der Waals surface area contributed by atoms with Crippen molar-refractivity contribution in [3.05, 3.63) is 30.5 Å². The van der Waals surface area contributed by atoms with Crippen LogP contribution in [0.2, 0.25) is 0 Å². The number of hydrogen-bond acceptors (Lipinski definition) is 7. The van der Waals surface area contributed by atoms with Crippen LogP contribution < -0.4 is 10.6 Å². The number of piperazine rings is 1. The lowest BCUT2D eigenvalue weighted by Gasteiger charge is -2.32. The van der Waals surface area contributed by atoms with Crippen LogP contribution in [-0.4, -0.2) is 77.1 Å². The van der Waals surface area contributed by atoms with Gasteiger partial charge in [0, 0.05) is 57.6 Å². The van der Waals surface area contributed by atoms with Crippen molar-refractivity contribution in [1.29, 1.82) is 0 Å². The molecule has 2 aromatic heterocycles. The number of nitrogens with zero attached hydrogens (tertiary/aromatic N) is 5. The topological polar surface area (TPSA) is 69.2 Å². The van der Waals surface area contributed by atoms with Gasteiger partial charge >= 0.3 is 0 Å². The van der Waals surface area contributed by atoms with Crippen molar-refractivity contribution in [3.63, 3.8) is 0 Å². The summed E-state index contributed by atoms with van der Waals surface area (Å²) in [5.41, 5.74) is 1.72. The van der Waals surface area contributed by atoms with E-state index >= 15 is 0 Å². The Bertz CT molecular complexity index is 709. The molecule has 1 aliphatic heterocycles. The lowest BCUT2D eigenvalue weighted by Crippen LogP contribution is -2.45. The van der Waals surface area contributed by atoms with Crippen molar-refractivity contribution in [2.75, 3.05) is 56.9 Å². The maximum Gasteiger partial charge on any atom is 0.225 e. The van der Waals surface area contributed by atoms with Crippen LogP contribution in [-0.2, 0) is 0 Å². The number of nitrogens with one attached hydrogen (secondary N) is 2. The van der Waals surface area contributed by atoms with E-state index in [1.807, 2.05) is 24.3 Å². The molecule has 0 unspecified atom stereocenters. The first kappa shape index (κ1) is 17.2. The molecule has 0 atom stereocenters. The minimum Gasteiger partial charge on any atom is -0.369 e. The van der Waals surface area contributed by atoms with Crippen LogP contribution in [0.25, 0.3) is 11.4 Å². The van der Waals surface area contributed by atoms with Gasteiger partial charge in [0.25, 0.3) is 0 Å². The largest absolute Gasteiger partial charge is 0.369 e. The van der Waals surface area contributed by atoms with Crippen LogP contribution in [0, 0.1) is 0 Å². The second-order valence-electron chi connectivity index (χ2n) is 7.17. The van der Waals surface area contributed by atoms with Gasteiger partial charge in [-0.2, -0.15) is 4.98 Å². The van der Waals surface area contributed by atoms with Crippen molar-refractivity contribution in [2.45, 2.75) is 18.9 Å². The molecule has 0 radical (unpaired) electrons. The van der Waals surface area contributed by atoms with Gasteiger partial charge in [0.1, 0.15) is 5.82 Å². The summed E-state index contributed by atoms with van der Waals surface area (Å²) in [6.07, 6.45) is 4.19. The van der Waals surface area contributed by atoms with Crippen LogP contribution in [0.4, 0.5) is 11.8 Å². The maximum atomic E-state index is 4.65. The second-order valence-corrected chi connectivity index (χ2v) is 7.17. The highest BCUT2D eigenvalue weighted by atomic mass is 15.3. The summed E-state index contributed by atoms with van der Waals surface area (Å²) in [6.45, 7) is 6.47. The standard InChI is InChI=1S/C19H27N7/c1-25-10-12-26(13-11-25)9-8-21-18-14-17(16-4-2-3-7-20-16)23-19(24-18)22-15-5-6-15/h2-4,7,14-15H,5-6,8-13H2,1H3,(H2,21,22,23,24). The van der Waals surface area contributed by atoms with E-state index in [0.29, 0.717) is 12.0 Å². The van der Waals surface area contributed by atoms with Crippen molar-refractivity contribution in [2.24, 2.45) is 0 Å². The predicted octanol–water partition coefficient (Wildman–Crippen LogP) is 1.77. The molecule has 1 saturated carbocycles. The molecule has 138 valence electrons. The third-order valence-corrected chi connectivity index (χ3v) is 4.89. The lowest BCUT2D eigenvalue weighted by molar-refractivity contribution is 0.158. The third kappa shape index (κ3) is 4.68.